The first-order valence-corrected chi connectivity index (χ1v) is 11.8. The number of anilines is 1. The number of carbonyl (C=O) groups excluding carboxylic acids is 2. The van der Waals surface area contributed by atoms with Gasteiger partial charge in [0.05, 0.1) is 10.3 Å². The fraction of sp³-hybridized carbons (Fsp3) is 0.231. The first-order chi connectivity index (χ1) is 16.7. The van der Waals surface area contributed by atoms with E-state index in [0.29, 0.717) is 32.1 Å². The minimum Gasteiger partial charge on any atom is -0.479 e. The molecule has 2 heterocycles. The van der Waals surface area contributed by atoms with Crippen LogP contribution in [0.3, 0.4) is 0 Å². The number of benzene rings is 2. The van der Waals surface area contributed by atoms with Gasteiger partial charge in [-0.25, -0.2) is 9.78 Å². The van der Waals surface area contributed by atoms with Crippen LogP contribution >= 0.6 is 11.3 Å². The number of H-pyrrole nitrogens is 1. The minimum atomic E-state index is -0.836. The second-order valence-corrected chi connectivity index (χ2v) is 9.20. The standard InChI is InChI=1S/C26H25N3O5S/c1-14-10-11-19(15(2)12-14)27-24(31)22-16(3)21-23(30)28-20(29-25(21)35-22)13-33-26(32)17(4)34-18-8-6-5-7-9-18/h5-12,17H,13H2,1-4H3,(H,27,31)(H,28,29,30). The van der Waals surface area contributed by atoms with Crippen LogP contribution < -0.4 is 15.6 Å². The van der Waals surface area contributed by atoms with Crippen molar-refractivity contribution < 1.29 is 19.1 Å². The lowest BCUT2D eigenvalue weighted by Gasteiger charge is -2.13. The average molecular weight is 492 g/mol. The zero-order chi connectivity index (χ0) is 25.1. The highest BCUT2D eigenvalue weighted by Crippen LogP contribution is 2.28. The Hall–Kier alpha value is -3.98. The molecule has 4 rings (SSSR count). The summed E-state index contributed by atoms with van der Waals surface area (Å²) in [5.41, 5.74) is 2.91. The van der Waals surface area contributed by atoms with E-state index in [9.17, 15) is 14.4 Å². The van der Waals surface area contributed by atoms with Crippen LogP contribution in [0.15, 0.2) is 53.3 Å². The molecule has 8 nitrogen and oxygen atoms in total. The van der Waals surface area contributed by atoms with E-state index in [0.717, 1.165) is 22.5 Å². The number of esters is 1. The molecule has 0 aliphatic carbocycles. The molecule has 0 aliphatic rings. The Kier molecular flexibility index (Phi) is 6.97. The number of aromatic nitrogens is 2. The second kappa shape index (κ2) is 10.1. The zero-order valence-electron chi connectivity index (χ0n) is 19.8. The van der Waals surface area contributed by atoms with Crippen LogP contribution in [0.1, 0.15) is 39.1 Å². The number of aromatic amines is 1. The Bertz CT molecular complexity index is 1460. The molecule has 0 fully saturated rings. The number of hydrogen-bond acceptors (Lipinski definition) is 7. The van der Waals surface area contributed by atoms with Crippen molar-refractivity contribution in [1.29, 1.82) is 0 Å². The summed E-state index contributed by atoms with van der Waals surface area (Å²) in [4.78, 5) is 45.9. The lowest BCUT2D eigenvalue weighted by Crippen LogP contribution is -2.26. The van der Waals surface area contributed by atoms with Gasteiger partial charge in [-0.3, -0.25) is 9.59 Å². The van der Waals surface area contributed by atoms with Gasteiger partial charge in [0.1, 0.15) is 23.0 Å². The van der Waals surface area contributed by atoms with Crippen molar-refractivity contribution in [2.24, 2.45) is 0 Å². The number of ether oxygens (including phenoxy) is 2. The third-order valence-corrected chi connectivity index (χ3v) is 6.61. The minimum absolute atomic E-state index is 0.186. The van der Waals surface area contributed by atoms with Crippen LogP contribution in [0.25, 0.3) is 10.2 Å². The van der Waals surface area contributed by atoms with E-state index >= 15 is 0 Å². The molecule has 4 aromatic rings. The van der Waals surface area contributed by atoms with Crippen molar-refractivity contribution >= 4 is 39.1 Å². The van der Waals surface area contributed by atoms with Crippen LogP contribution in [0, 0.1) is 20.8 Å². The largest absolute Gasteiger partial charge is 0.479 e. The number of hydrogen-bond donors (Lipinski definition) is 2. The number of nitrogens with zero attached hydrogens (tertiary/aromatic N) is 1. The van der Waals surface area contributed by atoms with Crippen molar-refractivity contribution in [2.75, 3.05) is 5.32 Å². The maximum Gasteiger partial charge on any atom is 0.347 e. The molecule has 0 bridgehead atoms. The van der Waals surface area contributed by atoms with Crippen molar-refractivity contribution in [3.63, 3.8) is 0 Å². The van der Waals surface area contributed by atoms with E-state index in [-0.39, 0.29) is 18.3 Å². The summed E-state index contributed by atoms with van der Waals surface area (Å²) in [7, 11) is 0. The zero-order valence-corrected chi connectivity index (χ0v) is 20.6. The highest BCUT2D eigenvalue weighted by Gasteiger charge is 2.21. The van der Waals surface area contributed by atoms with Gasteiger partial charge in [-0.05, 0) is 57.0 Å². The molecular formula is C26H25N3O5S. The highest BCUT2D eigenvalue weighted by molar-refractivity contribution is 7.20. The lowest BCUT2D eigenvalue weighted by molar-refractivity contribution is -0.152. The number of nitrogens with one attached hydrogen (secondary N) is 2. The van der Waals surface area contributed by atoms with E-state index in [1.807, 2.05) is 38.1 Å². The predicted molar refractivity (Wildman–Crippen MR) is 135 cm³/mol. The quantitative estimate of drug-likeness (QED) is 0.364. The Morgan fingerprint density at radius 3 is 2.57 bits per heavy atom. The molecule has 35 heavy (non-hydrogen) atoms. The molecule has 1 unspecified atom stereocenters. The van der Waals surface area contributed by atoms with Crippen LogP contribution in [0.5, 0.6) is 5.75 Å². The molecule has 1 amide bonds. The van der Waals surface area contributed by atoms with Crippen LogP contribution in [0.2, 0.25) is 0 Å². The Morgan fingerprint density at radius 2 is 1.86 bits per heavy atom. The summed E-state index contributed by atoms with van der Waals surface area (Å²) in [6.45, 7) is 6.98. The van der Waals surface area contributed by atoms with E-state index in [1.165, 1.54) is 0 Å². The lowest BCUT2D eigenvalue weighted by atomic mass is 10.1. The first-order valence-electron chi connectivity index (χ1n) is 11.0. The van der Waals surface area contributed by atoms with Gasteiger partial charge in [-0.1, -0.05) is 35.9 Å². The number of fused-ring (bicyclic) bond motifs is 1. The number of rotatable bonds is 7. The smallest absolute Gasteiger partial charge is 0.347 e. The van der Waals surface area contributed by atoms with Gasteiger partial charge in [-0.2, -0.15) is 0 Å². The number of amides is 1. The summed E-state index contributed by atoms with van der Waals surface area (Å²) in [5, 5.41) is 3.25. The van der Waals surface area contributed by atoms with Gasteiger partial charge in [0, 0.05) is 5.69 Å². The third-order valence-electron chi connectivity index (χ3n) is 5.43. The third kappa shape index (κ3) is 5.41. The molecule has 9 heteroatoms. The van der Waals surface area contributed by atoms with Crippen molar-refractivity contribution in [3.8, 4) is 5.75 Å². The molecule has 0 aliphatic heterocycles. The molecule has 180 valence electrons. The molecule has 2 aromatic carbocycles. The number of aryl methyl sites for hydroxylation is 3. The average Bonchev–Trinajstić information content (AvgIpc) is 3.16. The summed E-state index contributed by atoms with van der Waals surface area (Å²) in [6, 6.07) is 14.7. The molecule has 2 aromatic heterocycles. The monoisotopic (exact) mass is 491 g/mol. The summed E-state index contributed by atoms with van der Waals surface area (Å²) in [6.07, 6.45) is -0.836. The Balaban J connectivity index is 1.49. The van der Waals surface area contributed by atoms with E-state index < -0.39 is 17.6 Å². The van der Waals surface area contributed by atoms with Gasteiger partial charge < -0.3 is 19.8 Å². The molecule has 0 radical (unpaired) electrons. The second-order valence-electron chi connectivity index (χ2n) is 8.20. The molecule has 0 saturated heterocycles. The van der Waals surface area contributed by atoms with Crippen molar-refractivity contribution in [2.45, 2.75) is 40.4 Å². The van der Waals surface area contributed by atoms with Gasteiger partial charge in [0.2, 0.25) is 0 Å². The van der Waals surface area contributed by atoms with E-state index in [1.54, 1.807) is 38.1 Å². The van der Waals surface area contributed by atoms with Gasteiger partial charge >= 0.3 is 5.97 Å². The van der Waals surface area contributed by atoms with Gasteiger partial charge in [-0.15, -0.1) is 11.3 Å². The molecular weight excluding hydrogens is 466 g/mol. The highest BCUT2D eigenvalue weighted by atomic mass is 32.1. The number of carbonyl (C=O) groups is 2. The summed E-state index contributed by atoms with van der Waals surface area (Å²) >= 11 is 1.12. The van der Waals surface area contributed by atoms with Crippen LogP contribution in [0.4, 0.5) is 5.69 Å². The van der Waals surface area contributed by atoms with Crippen LogP contribution in [-0.2, 0) is 16.1 Å². The van der Waals surface area contributed by atoms with Crippen molar-refractivity contribution in [3.05, 3.63) is 86.3 Å². The SMILES string of the molecule is Cc1ccc(NC(=O)c2sc3nc(COC(=O)C(C)Oc4ccccc4)[nH]c(=O)c3c2C)c(C)c1. The molecule has 1 atom stereocenters. The Morgan fingerprint density at radius 1 is 1.11 bits per heavy atom. The Labute approximate surface area is 205 Å². The topological polar surface area (TPSA) is 110 Å². The van der Waals surface area contributed by atoms with Crippen LogP contribution in [-0.4, -0.2) is 27.9 Å². The number of para-hydroxylation sites is 1. The predicted octanol–water partition coefficient (Wildman–Crippen LogP) is 4.67. The maximum atomic E-state index is 13.0. The summed E-state index contributed by atoms with van der Waals surface area (Å²) < 4.78 is 10.8. The first kappa shape index (κ1) is 24.2. The van der Waals surface area contributed by atoms with Crippen molar-refractivity contribution in [1.82, 2.24) is 9.97 Å². The molecule has 0 saturated carbocycles. The summed E-state index contributed by atoms with van der Waals surface area (Å²) in [5.74, 6) is -0.167. The van der Waals surface area contributed by atoms with Gasteiger partial charge in [0.15, 0.2) is 6.10 Å². The van der Waals surface area contributed by atoms with E-state index in [2.05, 4.69) is 15.3 Å². The fourth-order valence-corrected chi connectivity index (χ4v) is 4.71. The maximum absolute atomic E-state index is 13.0. The molecule has 2 N–H and O–H groups in total. The van der Waals surface area contributed by atoms with E-state index in [4.69, 9.17) is 9.47 Å². The fourth-order valence-electron chi connectivity index (χ4n) is 3.61. The molecule has 0 spiro atoms. The van der Waals surface area contributed by atoms with Gasteiger partial charge in [0.25, 0.3) is 11.5 Å². The normalized spacial score (nSPS) is 11.8. The number of thiophene rings is 1.